The van der Waals surface area contributed by atoms with E-state index in [-0.39, 0.29) is 12.3 Å². The Hall–Kier alpha value is -4.64. The molecular formula is C46H51N3O. The maximum Gasteiger partial charge on any atom is 0.121 e. The molecule has 4 N–H and O–H groups in total. The molecule has 2 atom stereocenters. The topological polar surface area (TPSA) is 59.3 Å². The largest absolute Gasteiger partial charge is 0.497 e. The van der Waals surface area contributed by atoms with Crippen LogP contribution in [0.3, 0.4) is 0 Å². The summed E-state index contributed by atoms with van der Waals surface area (Å²) >= 11 is 0. The molecule has 0 radical (unpaired) electrons. The summed E-state index contributed by atoms with van der Waals surface area (Å²) < 4.78 is 6.13. The fourth-order valence-electron chi connectivity index (χ4n) is 8.41. The van der Waals surface area contributed by atoms with Crippen molar-refractivity contribution in [1.82, 2.24) is 10.6 Å². The van der Waals surface area contributed by atoms with Crippen molar-refractivity contribution in [3.05, 3.63) is 154 Å². The van der Waals surface area contributed by atoms with Crippen LogP contribution in [0, 0.1) is 5.92 Å². The second-order valence-electron chi connectivity index (χ2n) is 14.0. The van der Waals surface area contributed by atoms with Gasteiger partial charge in [-0.15, -0.1) is 0 Å². The second-order valence-corrected chi connectivity index (χ2v) is 14.0. The predicted octanol–water partition coefficient (Wildman–Crippen LogP) is 10.4. The first kappa shape index (κ1) is 33.8. The molecule has 0 amide bonds. The van der Waals surface area contributed by atoms with E-state index in [1.807, 2.05) is 13.3 Å². The van der Waals surface area contributed by atoms with Crippen LogP contribution in [0.5, 0.6) is 0 Å². The highest BCUT2D eigenvalue weighted by molar-refractivity contribution is 6.08. The third kappa shape index (κ3) is 6.51. The number of allylic oxidation sites excluding steroid dienone is 11. The van der Waals surface area contributed by atoms with Gasteiger partial charge in [0.2, 0.25) is 0 Å². The van der Waals surface area contributed by atoms with Crippen LogP contribution in [0.1, 0.15) is 87.1 Å². The molecule has 0 saturated heterocycles. The van der Waals surface area contributed by atoms with Gasteiger partial charge in [-0.05, 0) is 141 Å². The molecule has 4 nitrogen and oxygen atoms in total. The maximum atomic E-state index is 7.19. The van der Waals surface area contributed by atoms with E-state index in [1.54, 1.807) is 0 Å². The highest BCUT2D eigenvalue weighted by Gasteiger charge is 2.28. The average molecular weight is 662 g/mol. The SMILES string of the molecule is CC/C(=C(\OC)C1=CC(c2c3c(c(C4=C(C(N)NC5NC=CC=C5c5ccccc5)CCC=C4)c4ccccc24)CCC=C3)=CCC1)C(C)C. The fraction of sp³-hybridized carbons (Fsp3) is 0.304. The molecule has 4 aliphatic rings. The van der Waals surface area contributed by atoms with E-state index in [0.717, 1.165) is 50.7 Å². The summed E-state index contributed by atoms with van der Waals surface area (Å²) in [5.41, 5.74) is 21.5. The molecule has 7 rings (SSSR count). The minimum atomic E-state index is -0.321. The summed E-state index contributed by atoms with van der Waals surface area (Å²) in [7, 11) is 1.84. The third-order valence-electron chi connectivity index (χ3n) is 10.7. The molecule has 50 heavy (non-hydrogen) atoms. The molecule has 0 saturated carbocycles. The Morgan fingerprint density at radius 1 is 0.920 bits per heavy atom. The van der Waals surface area contributed by atoms with Crippen molar-refractivity contribution in [3.63, 3.8) is 0 Å². The Bertz CT molecular complexity index is 2010. The van der Waals surface area contributed by atoms with Gasteiger partial charge >= 0.3 is 0 Å². The van der Waals surface area contributed by atoms with Gasteiger partial charge in [-0.25, -0.2) is 0 Å². The number of ether oxygens (including phenoxy) is 1. The smallest absolute Gasteiger partial charge is 0.121 e. The van der Waals surface area contributed by atoms with Crippen LogP contribution in [-0.2, 0) is 11.2 Å². The number of fused-ring (bicyclic) bond motifs is 2. The molecule has 0 bridgehead atoms. The molecule has 3 aromatic carbocycles. The lowest BCUT2D eigenvalue weighted by molar-refractivity contribution is 0.288. The van der Waals surface area contributed by atoms with E-state index >= 15 is 0 Å². The van der Waals surface area contributed by atoms with Crippen molar-refractivity contribution in [3.8, 4) is 0 Å². The second kappa shape index (κ2) is 15.1. The van der Waals surface area contributed by atoms with Crippen LogP contribution in [0.15, 0.2) is 126 Å². The monoisotopic (exact) mass is 661 g/mol. The first-order chi connectivity index (χ1) is 24.5. The van der Waals surface area contributed by atoms with Crippen LogP contribution in [0.2, 0.25) is 0 Å². The Morgan fingerprint density at radius 2 is 1.66 bits per heavy atom. The zero-order valence-corrected chi connectivity index (χ0v) is 30.1. The molecule has 0 fully saturated rings. The first-order valence-corrected chi connectivity index (χ1v) is 18.5. The summed E-state index contributed by atoms with van der Waals surface area (Å²) in [5.74, 6) is 1.52. The lowest BCUT2D eigenvalue weighted by atomic mass is 9.76. The predicted molar refractivity (Wildman–Crippen MR) is 213 cm³/mol. The quantitative estimate of drug-likeness (QED) is 0.150. The first-order valence-electron chi connectivity index (χ1n) is 18.5. The Balaban J connectivity index is 1.35. The van der Waals surface area contributed by atoms with E-state index in [1.165, 1.54) is 72.0 Å². The standard InChI is InChI=1S/C46H51N3O/c1-5-34(30(2)3)44(50-4)33-20-15-19-32(29-33)42-36-21-9-11-23-38(36)43(39-24-12-10-22-37(39)42)40-25-13-14-26-41(40)45(47)49-46-35(27-16-28-48-46)31-17-7-6-8-18-31/h6-11,13,16-19,21-23,25,27-30,45-46,48-49H,5,12,14-15,20,24,26,47H2,1-4H3/b44-34+. The maximum absolute atomic E-state index is 7.19. The zero-order valence-electron chi connectivity index (χ0n) is 30.1. The van der Waals surface area contributed by atoms with Gasteiger partial charge in [0.1, 0.15) is 11.9 Å². The van der Waals surface area contributed by atoms with E-state index in [2.05, 4.69) is 135 Å². The average Bonchev–Trinajstić information content (AvgIpc) is 3.16. The van der Waals surface area contributed by atoms with Crippen LogP contribution >= 0.6 is 0 Å². The van der Waals surface area contributed by atoms with E-state index < -0.39 is 0 Å². The summed E-state index contributed by atoms with van der Waals surface area (Å²) in [6, 6.07) is 19.6. The molecule has 1 aliphatic heterocycles. The van der Waals surface area contributed by atoms with Crippen LogP contribution in [-0.4, -0.2) is 19.4 Å². The van der Waals surface area contributed by atoms with Crippen molar-refractivity contribution in [2.45, 2.75) is 78.0 Å². The summed E-state index contributed by atoms with van der Waals surface area (Å²) in [5, 5.41) is 9.90. The van der Waals surface area contributed by atoms with Crippen molar-refractivity contribution < 1.29 is 4.74 Å². The molecular weight excluding hydrogens is 611 g/mol. The number of nitrogens with one attached hydrogen (secondary N) is 2. The van der Waals surface area contributed by atoms with Gasteiger partial charge < -0.3 is 15.8 Å². The molecule has 0 spiro atoms. The highest BCUT2D eigenvalue weighted by atomic mass is 16.5. The molecule has 1 heterocycles. The van der Waals surface area contributed by atoms with Gasteiger partial charge in [0.05, 0.1) is 13.3 Å². The summed E-state index contributed by atoms with van der Waals surface area (Å²) in [6.07, 6.45) is 27.0. The molecule has 3 aliphatic carbocycles. The highest BCUT2D eigenvalue weighted by Crippen LogP contribution is 2.45. The number of nitrogens with two attached hydrogens (primary N) is 1. The zero-order chi connectivity index (χ0) is 34.6. The minimum absolute atomic E-state index is 0.0952. The van der Waals surface area contributed by atoms with Crippen molar-refractivity contribution in [1.29, 1.82) is 0 Å². The molecule has 0 aromatic heterocycles. The van der Waals surface area contributed by atoms with E-state index in [0.29, 0.717) is 5.92 Å². The van der Waals surface area contributed by atoms with Crippen LogP contribution < -0.4 is 16.4 Å². The number of dihydropyridines is 1. The Labute approximate surface area is 298 Å². The summed E-state index contributed by atoms with van der Waals surface area (Å²) in [6.45, 7) is 6.79. The fourth-order valence-corrected chi connectivity index (χ4v) is 8.41. The molecule has 2 unspecified atom stereocenters. The lowest BCUT2D eigenvalue weighted by Gasteiger charge is -2.32. The van der Waals surface area contributed by atoms with Crippen LogP contribution in [0.25, 0.3) is 33.6 Å². The Kier molecular flexibility index (Phi) is 10.2. The number of hydrogen-bond donors (Lipinski definition) is 3. The van der Waals surface area contributed by atoms with Gasteiger partial charge in [0, 0.05) is 0 Å². The minimum Gasteiger partial charge on any atom is -0.497 e. The van der Waals surface area contributed by atoms with E-state index in [9.17, 15) is 0 Å². The molecule has 3 aromatic rings. The molecule has 4 heteroatoms. The third-order valence-corrected chi connectivity index (χ3v) is 10.7. The number of rotatable bonds is 10. The van der Waals surface area contributed by atoms with Gasteiger partial charge in [0.15, 0.2) is 0 Å². The van der Waals surface area contributed by atoms with Gasteiger partial charge in [-0.3, -0.25) is 5.32 Å². The number of hydrogen-bond acceptors (Lipinski definition) is 4. The molecule has 256 valence electrons. The summed E-state index contributed by atoms with van der Waals surface area (Å²) in [4.78, 5) is 0. The van der Waals surface area contributed by atoms with Gasteiger partial charge in [0.25, 0.3) is 0 Å². The number of benzene rings is 3. The normalized spacial score (nSPS) is 19.8. The van der Waals surface area contributed by atoms with Crippen molar-refractivity contribution in [2.24, 2.45) is 11.7 Å². The number of methoxy groups -OCH3 is 1. The lowest BCUT2D eigenvalue weighted by Crippen LogP contribution is -2.51. The van der Waals surface area contributed by atoms with Crippen LogP contribution in [0.4, 0.5) is 0 Å². The van der Waals surface area contributed by atoms with Crippen molar-refractivity contribution in [2.75, 3.05) is 7.11 Å². The van der Waals surface area contributed by atoms with Crippen molar-refractivity contribution >= 4 is 33.6 Å². The Morgan fingerprint density at radius 3 is 2.42 bits per heavy atom. The van der Waals surface area contributed by atoms with Gasteiger partial charge in [-0.1, -0.05) is 112 Å². The van der Waals surface area contributed by atoms with E-state index in [4.69, 9.17) is 10.5 Å². The van der Waals surface area contributed by atoms with Gasteiger partial charge in [-0.2, -0.15) is 0 Å².